The van der Waals surface area contributed by atoms with Crippen LogP contribution in [0.3, 0.4) is 0 Å². The van der Waals surface area contributed by atoms with Crippen molar-refractivity contribution in [2.24, 2.45) is 0 Å². The monoisotopic (exact) mass is 1040 g/mol. The maximum absolute atomic E-state index is 12.5. The number of rotatable bonds is 62. The summed E-state index contributed by atoms with van der Waals surface area (Å²) in [5, 5.41) is 23.3. The zero-order chi connectivity index (χ0) is 53.6. The standard InChI is InChI=1S/C68H129NO5/c1-3-5-7-9-11-13-15-17-19-21-23-24-25-26-27-28-30-31-33-36-40-44-48-52-56-60-66(71)65(64-70)69-67(72)61-57-53-49-45-41-37-35-39-43-47-51-55-59-63-74-68(73)62-58-54-50-46-42-38-34-32-29-22-20-18-16-14-12-10-8-6-4-2/h18,20,37,41,49,53,65-66,70-71H,3-17,19,21-36,38-40,42-48,50-52,54-64H2,1-2H3,(H,69,72)/b20-18-,41-37-,53-49-. The lowest BCUT2D eigenvalue weighted by atomic mass is 10.0. The molecular formula is C68H129NO5. The smallest absolute Gasteiger partial charge is 0.305 e. The molecule has 0 rings (SSSR count). The van der Waals surface area contributed by atoms with Crippen molar-refractivity contribution in [3.8, 4) is 0 Å². The topological polar surface area (TPSA) is 95.9 Å². The van der Waals surface area contributed by atoms with Crippen molar-refractivity contribution in [3.63, 3.8) is 0 Å². The van der Waals surface area contributed by atoms with Gasteiger partial charge in [-0.25, -0.2) is 0 Å². The average molecular weight is 1040 g/mol. The zero-order valence-corrected chi connectivity index (χ0v) is 49.8. The van der Waals surface area contributed by atoms with Crippen LogP contribution >= 0.6 is 0 Å². The lowest BCUT2D eigenvalue weighted by Crippen LogP contribution is -2.45. The number of nitrogens with one attached hydrogen (secondary N) is 1. The second kappa shape index (κ2) is 63.6. The quantitative estimate of drug-likeness (QED) is 0.0320. The van der Waals surface area contributed by atoms with Gasteiger partial charge in [0.1, 0.15) is 0 Å². The van der Waals surface area contributed by atoms with Gasteiger partial charge in [0, 0.05) is 12.8 Å². The molecule has 6 nitrogen and oxygen atoms in total. The summed E-state index contributed by atoms with van der Waals surface area (Å²) >= 11 is 0. The molecule has 0 bridgehead atoms. The van der Waals surface area contributed by atoms with E-state index in [4.69, 9.17) is 4.74 Å². The van der Waals surface area contributed by atoms with E-state index in [0.717, 1.165) is 51.4 Å². The molecule has 0 aliphatic carbocycles. The van der Waals surface area contributed by atoms with Crippen LogP contribution in [-0.2, 0) is 14.3 Å². The Morgan fingerprint density at radius 2 is 0.689 bits per heavy atom. The fraction of sp³-hybridized carbons (Fsp3) is 0.882. The van der Waals surface area contributed by atoms with E-state index in [2.05, 4.69) is 55.6 Å². The molecule has 0 aromatic heterocycles. The fourth-order valence-corrected chi connectivity index (χ4v) is 10.3. The lowest BCUT2D eigenvalue weighted by molar-refractivity contribution is -0.143. The number of unbranched alkanes of at least 4 members (excludes halogenated alkanes) is 45. The molecule has 0 aromatic carbocycles. The maximum atomic E-state index is 12.5. The van der Waals surface area contributed by atoms with Crippen LogP contribution in [0.15, 0.2) is 36.5 Å². The zero-order valence-electron chi connectivity index (χ0n) is 49.8. The average Bonchev–Trinajstić information content (AvgIpc) is 3.40. The molecule has 0 spiro atoms. The Bertz CT molecular complexity index is 1200. The molecule has 0 aliphatic heterocycles. The molecule has 3 N–H and O–H groups in total. The van der Waals surface area contributed by atoms with Crippen molar-refractivity contribution in [2.75, 3.05) is 13.2 Å². The summed E-state index contributed by atoms with van der Waals surface area (Å²) in [5.74, 6) is -0.128. The molecule has 0 saturated heterocycles. The van der Waals surface area contributed by atoms with Crippen LogP contribution in [0.1, 0.15) is 361 Å². The van der Waals surface area contributed by atoms with Gasteiger partial charge in [0.25, 0.3) is 0 Å². The summed E-state index contributed by atoms with van der Waals surface area (Å²) in [6.07, 6.45) is 80.4. The Hall–Kier alpha value is -1.92. The lowest BCUT2D eigenvalue weighted by Gasteiger charge is -2.22. The van der Waals surface area contributed by atoms with Gasteiger partial charge in [0.2, 0.25) is 5.91 Å². The minimum absolute atomic E-state index is 0.0165. The van der Waals surface area contributed by atoms with Gasteiger partial charge >= 0.3 is 5.97 Å². The number of hydrogen-bond donors (Lipinski definition) is 3. The summed E-state index contributed by atoms with van der Waals surface area (Å²) in [4.78, 5) is 24.6. The van der Waals surface area contributed by atoms with Gasteiger partial charge in [-0.15, -0.1) is 0 Å². The molecule has 1 amide bonds. The fourth-order valence-electron chi connectivity index (χ4n) is 10.3. The van der Waals surface area contributed by atoms with E-state index < -0.39 is 12.1 Å². The molecule has 6 heteroatoms. The molecule has 2 unspecified atom stereocenters. The highest BCUT2D eigenvalue weighted by Gasteiger charge is 2.20. The second-order valence-electron chi connectivity index (χ2n) is 22.8. The summed E-state index contributed by atoms with van der Waals surface area (Å²) in [7, 11) is 0. The van der Waals surface area contributed by atoms with Crippen molar-refractivity contribution in [3.05, 3.63) is 36.5 Å². The largest absolute Gasteiger partial charge is 0.466 e. The molecule has 436 valence electrons. The van der Waals surface area contributed by atoms with Gasteiger partial charge in [0.15, 0.2) is 0 Å². The van der Waals surface area contributed by atoms with Gasteiger partial charge in [-0.3, -0.25) is 9.59 Å². The molecule has 74 heavy (non-hydrogen) atoms. The van der Waals surface area contributed by atoms with Crippen LogP contribution in [-0.4, -0.2) is 47.4 Å². The van der Waals surface area contributed by atoms with E-state index in [0.29, 0.717) is 32.3 Å². The second-order valence-corrected chi connectivity index (χ2v) is 22.8. The molecule has 0 aliphatic rings. The van der Waals surface area contributed by atoms with Crippen LogP contribution in [0, 0.1) is 0 Å². The Balaban J connectivity index is 3.50. The highest BCUT2D eigenvalue weighted by atomic mass is 16.5. The molecule has 0 radical (unpaired) electrons. The van der Waals surface area contributed by atoms with Crippen molar-refractivity contribution in [1.82, 2.24) is 5.32 Å². The van der Waals surface area contributed by atoms with Crippen molar-refractivity contribution >= 4 is 11.9 Å². The minimum Gasteiger partial charge on any atom is -0.466 e. The predicted molar refractivity (Wildman–Crippen MR) is 324 cm³/mol. The normalized spacial score (nSPS) is 12.8. The minimum atomic E-state index is -0.701. The molecule has 0 saturated carbocycles. The van der Waals surface area contributed by atoms with Gasteiger partial charge in [-0.1, -0.05) is 314 Å². The van der Waals surface area contributed by atoms with E-state index >= 15 is 0 Å². The first-order valence-corrected chi connectivity index (χ1v) is 33.2. The van der Waals surface area contributed by atoms with Gasteiger partial charge in [-0.05, 0) is 70.6 Å². The van der Waals surface area contributed by atoms with Crippen molar-refractivity contribution in [2.45, 2.75) is 373 Å². The van der Waals surface area contributed by atoms with Gasteiger partial charge in [-0.2, -0.15) is 0 Å². The Morgan fingerprint density at radius 3 is 1.07 bits per heavy atom. The third-order valence-electron chi connectivity index (χ3n) is 15.4. The molecule has 0 aromatic rings. The number of esters is 1. The van der Waals surface area contributed by atoms with Crippen molar-refractivity contribution < 1.29 is 24.5 Å². The summed E-state index contributed by atoms with van der Waals surface area (Å²) in [6.45, 7) is 4.91. The number of amides is 1. The van der Waals surface area contributed by atoms with Crippen LogP contribution in [0.4, 0.5) is 0 Å². The first-order valence-electron chi connectivity index (χ1n) is 33.2. The first-order chi connectivity index (χ1) is 36.5. The van der Waals surface area contributed by atoms with E-state index in [1.807, 2.05) is 0 Å². The molecule has 0 heterocycles. The number of aliphatic hydroxyl groups excluding tert-OH is 2. The maximum Gasteiger partial charge on any atom is 0.305 e. The van der Waals surface area contributed by atoms with Crippen LogP contribution in [0.5, 0.6) is 0 Å². The van der Waals surface area contributed by atoms with Crippen LogP contribution in [0.2, 0.25) is 0 Å². The SMILES string of the molecule is CCCCCCCC/C=C\CCCCCCCCCCCC(=O)OCCCCCCCC/C=C\C/C=C\CCC(=O)NC(CO)C(O)CCCCCCCCCCCCCCCCCCCCCCCCCCC. The summed E-state index contributed by atoms with van der Waals surface area (Å²) in [6, 6.07) is -0.588. The number of hydrogen-bond acceptors (Lipinski definition) is 5. The number of allylic oxidation sites excluding steroid dienone is 6. The number of carbonyl (C=O) groups is 2. The summed E-state index contributed by atoms with van der Waals surface area (Å²) < 4.78 is 5.48. The molecular weight excluding hydrogens is 911 g/mol. The van der Waals surface area contributed by atoms with Gasteiger partial charge in [0.05, 0.1) is 25.4 Å². The number of carbonyl (C=O) groups excluding carboxylic acids is 2. The van der Waals surface area contributed by atoms with E-state index in [1.54, 1.807) is 0 Å². The Morgan fingerprint density at radius 1 is 0.378 bits per heavy atom. The highest BCUT2D eigenvalue weighted by Crippen LogP contribution is 2.18. The Kier molecular flexibility index (Phi) is 62.0. The summed E-state index contributed by atoms with van der Waals surface area (Å²) in [5.41, 5.74) is 0. The third kappa shape index (κ3) is 59.3. The van der Waals surface area contributed by atoms with Crippen molar-refractivity contribution in [1.29, 1.82) is 0 Å². The van der Waals surface area contributed by atoms with E-state index in [1.165, 1.54) is 270 Å². The van der Waals surface area contributed by atoms with Gasteiger partial charge < -0.3 is 20.3 Å². The molecule has 0 fully saturated rings. The van der Waals surface area contributed by atoms with Crippen LogP contribution in [0.25, 0.3) is 0 Å². The third-order valence-corrected chi connectivity index (χ3v) is 15.4. The predicted octanol–water partition coefficient (Wildman–Crippen LogP) is 21.1. The molecule has 2 atom stereocenters. The number of ether oxygens (including phenoxy) is 1. The highest BCUT2D eigenvalue weighted by molar-refractivity contribution is 5.76. The van der Waals surface area contributed by atoms with E-state index in [-0.39, 0.29) is 18.5 Å². The van der Waals surface area contributed by atoms with Crippen LogP contribution < -0.4 is 5.32 Å². The number of aliphatic hydroxyl groups is 2. The Labute approximate surface area is 462 Å². The first kappa shape index (κ1) is 72.1. The van der Waals surface area contributed by atoms with E-state index in [9.17, 15) is 19.8 Å².